The molecule has 110 valence electrons. The molecule has 20 heavy (non-hydrogen) atoms. The normalized spacial score (nSPS) is 11.7. The van der Waals surface area contributed by atoms with Crippen molar-refractivity contribution in [3.8, 4) is 11.8 Å². The number of nitrogens with zero attached hydrogens (tertiary/aromatic N) is 1. The number of rotatable bonds is 7. The van der Waals surface area contributed by atoms with Crippen LogP contribution in [0.25, 0.3) is 0 Å². The van der Waals surface area contributed by atoms with Gasteiger partial charge in [0.05, 0.1) is 0 Å². The van der Waals surface area contributed by atoms with Crippen molar-refractivity contribution in [2.45, 2.75) is 32.2 Å². The highest BCUT2D eigenvalue weighted by atomic mass is 16.7. The van der Waals surface area contributed by atoms with Crippen molar-refractivity contribution in [3.05, 3.63) is 24.8 Å². The van der Waals surface area contributed by atoms with Crippen molar-refractivity contribution in [2.75, 3.05) is 0 Å². The van der Waals surface area contributed by atoms with Crippen LogP contribution >= 0.6 is 0 Å². The molecule has 0 fully saturated rings. The average molecular weight is 282 g/mol. The molecule has 7 heteroatoms. The molecule has 0 aliphatic rings. The summed E-state index contributed by atoms with van der Waals surface area (Å²) < 4.78 is 0.585. The molecule has 1 aromatic heterocycles. The molecular formula is C13H18N2O5. The Morgan fingerprint density at radius 3 is 2.55 bits per heavy atom. The third-order valence-corrected chi connectivity index (χ3v) is 2.61. The molecule has 7 nitrogen and oxygen atoms in total. The van der Waals surface area contributed by atoms with Gasteiger partial charge in [-0.25, -0.2) is 4.79 Å². The Morgan fingerprint density at radius 1 is 1.45 bits per heavy atom. The Kier molecular flexibility index (Phi) is 5.64. The molecule has 1 unspecified atom stereocenters. The number of amides is 1. The van der Waals surface area contributed by atoms with E-state index in [2.05, 4.69) is 11.9 Å². The van der Waals surface area contributed by atoms with Crippen molar-refractivity contribution in [1.82, 2.24) is 10.0 Å². The van der Waals surface area contributed by atoms with Gasteiger partial charge >= 0.3 is 5.97 Å². The lowest BCUT2D eigenvalue weighted by Gasteiger charge is -2.16. The second-order valence-corrected chi connectivity index (χ2v) is 4.16. The number of hydrogen-bond donors (Lipinski definition) is 3. The molecule has 0 spiro atoms. The molecule has 1 aromatic rings. The van der Waals surface area contributed by atoms with Gasteiger partial charge in [0, 0.05) is 12.1 Å². The Hall–Kier alpha value is -2.44. The van der Waals surface area contributed by atoms with Crippen molar-refractivity contribution in [1.29, 1.82) is 0 Å². The first kappa shape index (κ1) is 15.6. The van der Waals surface area contributed by atoms with Crippen LogP contribution in [0, 0.1) is 0 Å². The Bertz CT molecular complexity index is 475. The number of carbonyl (C=O) groups is 2. The SMILES string of the molecule is C=CC(=O)NC(CCCC)C(=O)On1c(O)ccc1O. The molecule has 0 saturated carbocycles. The van der Waals surface area contributed by atoms with Gasteiger partial charge in [-0.15, -0.1) is 4.73 Å². The standard InChI is InChI=1S/C13H18N2O5/c1-3-5-6-9(14-10(16)4-2)13(19)20-15-11(17)7-8-12(15)18/h4,7-9,17-18H,2-3,5-6H2,1H3,(H,14,16). The molecule has 0 bridgehead atoms. The van der Waals surface area contributed by atoms with Crippen LogP contribution in [0.5, 0.6) is 11.8 Å². The maximum atomic E-state index is 12.0. The largest absolute Gasteiger partial charge is 0.492 e. The smallest absolute Gasteiger partial charge is 0.355 e. The van der Waals surface area contributed by atoms with Gasteiger partial charge in [0.15, 0.2) is 0 Å². The van der Waals surface area contributed by atoms with Crippen LogP contribution in [0.1, 0.15) is 26.2 Å². The molecule has 1 rings (SSSR count). The van der Waals surface area contributed by atoms with Gasteiger partial charge in [-0.05, 0) is 12.5 Å². The summed E-state index contributed by atoms with van der Waals surface area (Å²) in [5.41, 5.74) is 0. The number of aromatic nitrogens is 1. The highest BCUT2D eigenvalue weighted by Gasteiger charge is 2.23. The van der Waals surface area contributed by atoms with E-state index in [-0.39, 0.29) is 0 Å². The summed E-state index contributed by atoms with van der Waals surface area (Å²) in [6.07, 6.45) is 2.99. The van der Waals surface area contributed by atoms with E-state index < -0.39 is 29.7 Å². The van der Waals surface area contributed by atoms with Crippen LogP contribution in [-0.2, 0) is 9.59 Å². The van der Waals surface area contributed by atoms with Crippen LogP contribution < -0.4 is 10.2 Å². The first-order valence-corrected chi connectivity index (χ1v) is 6.24. The molecule has 0 radical (unpaired) electrons. The minimum Gasteiger partial charge on any atom is -0.492 e. The topological polar surface area (TPSA) is 101 Å². The van der Waals surface area contributed by atoms with Crippen molar-refractivity contribution in [3.63, 3.8) is 0 Å². The highest BCUT2D eigenvalue weighted by molar-refractivity contribution is 5.91. The van der Waals surface area contributed by atoms with E-state index in [1.165, 1.54) is 12.1 Å². The Labute approximate surface area is 116 Å². The fourth-order valence-corrected chi connectivity index (χ4v) is 1.54. The summed E-state index contributed by atoms with van der Waals surface area (Å²) in [4.78, 5) is 28.1. The third-order valence-electron chi connectivity index (χ3n) is 2.61. The fraction of sp³-hybridized carbons (Fsp3) is 0.385. The first-order valence-electron chi connectivity index (χ1n) is 6.24. The van der Waals surface area contributed by atoms with E-state index in [0.29, 0.717) is 17.6 Å². The highest BCUT2D eigenvalue weighted by Crippen LogP contribution is 2.19. The molecule has 0 aliphatic heterocycles. The first-order chi connectivity index (χ1) is 9.49. The van der Waals surface area contributed by atoms with Crippen LogP contribution in [0.15, 0.2) is 24.8 Å². The van der Waals surface area contributed by atoms with E-state index in [9.17, 15) is 19.8 Å². The average Bonchev–Trinajstić information content (AvgIpc) is 2.74. The van der Waals surface area contributed by atoms with Crippen molar-refractivity contribution < 1.29 is 24.6 Å². The van der Waals surface area contributed by atoms with Gasteiger partial charge in [0.1, 0.15) is 6.04 Å². The maximum Gasteiger partial charge on any atom is 0.355 e. The zero-order valence-electron chi connectivity index (χ0n) is 11.2. The second-order valence-electron chi connectivity index (χ2n) is 4.16. The van der Waals surface area contributed by atoms with E-state index >= 15 is 0 Å². The molecule has 1 atom stereocenters. The van der Waals surface area contributed by atoms with E-state index in [1.54, 1.807) is 0 Å². The zero-order valence-corrected chi connectivity index (χ0v) is 11.2. The maximum absolute atomic E-state index is 12.0. The Morgan fingerprint density at radius 2 is 2.05 bits per heavy atom. The monoisotopic (exact) mass is 282 g/mol. The van der Waals surface area contributed by atoms with E-state index in [1.807, 2.05) is 6.92 Å². The molecule has 1 heterocycles. The minimum absolute atomic E-state index is 0.387. The summed E-state index contributed by atoms with van der Waals surface area (Å²) in [6, 6.07) is 1.47. The summed E-state index contributed by atoms with van der Waals surface area (Å²) in [7, 11) is 0. The van der Waals surface area contributed by atoms with Crippen LogP contribution in [0.3, 0.4) is 0 Å². The zero-order chi connectivity index (χ0) is 15.1. The summed E-state index contributed by atoms with van der Waals surface area (Å²) in [5, 5.41) is 21.2. The van der Waals surface area contributed by atoms with Crippen molar-refractivity contribution in [2.24, 2.45) is 0 Å². The van der Waals surface area contributed by atoms with E-state index in [4.69, 9.17) is 4.84 Å². The number of hydrogen-bond acceptors (Lipinski definition) is 5. The summed E-state index contributed by atoms with van der Waals surface area (Å²) in [5.74, 6) is -2.11. The van der Waals surface area contributed by atoms with E-state index in [0.717, 1.165) is 12.5 Å². The fourth-order valence-electron chi connectivity index (χ4n) is 1.54. The molecule has 0 aliphatic carbocycles. The van der Waals surface area contributed by atoms with Gasteiger partial charge in [0.25, 0.3) is 0 Å². The van der Waals surface area contributed by atoms with Crippen molar-refractivity contribution >= 4 is 11.9 Å². The summed E-state index contributed by atoms with van der Waals surface area (Å²) in [6.45, 7) is 5.25. The third kappa shape index (κ3) is 4.04. The number of nitrogens with one attached hydrogen (secondary N) is 1. The lowest BCUT2D eigenvalue weighted by Crippen LogP contribution is -2.44. The van der Waals surface area contributed by atoms with Gasteiger partial charge in [-0.2, -0.15) is 0 Å². The number of carbonyl (C=O) groups excluding carboxylic acids is 2. The quantitative estimate of drug-likeness (QED) is 0.640. The predicted molar refractivity (Wildman–Crippen MR) is 71.0 cm³/mol. The van der Waals surface area contributed by atoms with Crippen LogP contribution in [0.4, 0.5) is 0 Å². The minimum atomic E-state index is -0.873. The van der Waals surface area contributed by atoms with Crippen LogP contribution in [-0.4, -0.2) is 32.9 Å². The van der Waals surface area contributed by atoms with Gasteiger partial charge in [-0.3, -0.25) is 4.79 Å². The molecule has 3 N–H and O–H groups in total. The van der Waals surface area contributed by atoms with Crippen LogP contribution in [0.2, 0.25) is 0 Å². The second kappa shape index (κ2) is 7.22. The van der Waals surface area contributed by atoms with Gasteiger partial charge in [-0.1, -0.05) is 26.3 Å². The lowest BCUT2D eigenvalue weighted by molar-refractivity contribution is -0.149. The Balaban J connectivity index is 2.76. The number of unbranched alkanes of at least 4 members (excludes halogenated alkanes) is 1. The predicted octanol–water partition coefficient (Wildman–Crippen LogP) is 0.715. The number of aromatic hydroxyl groups is 2. The van der Waals surface area contributed by atoms with Gasteiger partial charge < -0.3 is 20.4 Å². The molecular weight excluding hydrogens is 264 g/mol. The molecule has 0 saturated heterocycles. The van der Waals surface area contributed by atoms with Gasteiger partial charge in [0.2, 0.25) is 17.7 Å². The summed E-state index contributed by atoms with van der Waals surface area (Å²) >= 11 is 0. The molecule has 0 aromatic carbocycles. The lowest BCUT2D eigenvalue weighted by atomic mass is 10.1. The molecule has 1 amide bonds.